The SMILES string of the molecule is CSC1CCN(Cc2ccc(C(=O)O)cc2)C1. The molecule has 0 bridgehead atoms. The van der Waals surface area contributed by atoms with Crippen LogP contribution in [0.5, 0.6) is 0 Å². The maximum absolute atomic E-state index is 10.7. The second-order valence-electron chi connectivity index (χ2n) is 4.38. The van der Waals surface area contributed by atoms with Crippen molar-refractivity contribution >= 4 is 17.7 Å². The lowest BCUT2D eigenvalue weighted by molar-refractivity contribution is 0.0697. The van der Waals surface area contributed by atoms with Crippen molar-refractivity contribution in [2.45, 2.75) is 18.2 Å². The molecule has 0 radical (unpaired) electrons. The predicted octanol–water partition coefficient (Wildman–Crippen LogP) is 2.32. The van der Waals surface area contributed by atoms with Gasteiger partial charge in [0.1, 0.15) is 0 Å². The van der Waals surface area contributed by atoms with Gasteiger partial charge in [0.05, 0.1) is 5.56 Å². The van der Waals surface area contributed by atoms with Gasteiger partial charge >= 0.3 is 5.97 Å². The predicted molar refractivity (Wildman–Crippen MR) is 70.6 cm³/mol. The molecule has 1 N–H and O–H groups in total. The van der Waals surface area contributed by atoms with Crippen molar-refractivity contribution in [2.75, 3.05) is 19.3 Å². The summed E-state index contributed by atoms with van der Waals surface area (Å²) < 4.78 is 0. The maximum atomic E-state index is 10.7. The summed E-state index contributed by atoms with van der Waals surface area (Å²) in [6.07, 6.45) is 3.42. The molecule has 1 atom stereocenters. The Balaban J connectivity index is 1.93. The minimum Gasteiger partial charge on any atom is -0.478 e. The molecule has 92 valence electrons. The molecule has 1 aliphatic rings. The van der Waals surface area contributed by atoms with Crippen LogP contribution in [0.2, 0.25) is 0 Å². The van der Waals surface area contributed by atoms with Crippen LogP contribution in [0.1, 0.15) is 22.3 Å². The van der Waals surface area contributed by atoms with Gasteiger partial charge < -0.3 is 5.11 Å². The Morgan fingerprint density at radius 2 is 2.18 bits per heavy atom. The first-order valence-electron chi connectivity index (χ1n) is 5.76. The van der Waals surface area contributed by atoms with Gasteiger partial charge in [0.15, 0.2) is 0 Å². The fourth-order valence-electron chi connectivity index (χ4n) is 2.14. The molecule has 1 unspecified atom stereocenters. The average molecular weight is 251 g/mol. The lowest BCUT2D eigenvalue weighted by atomic mass is 10.1. The smallest absolute Gasteiger partial charge is 0.335 e. The summed E-state index contributed by atoms with van der Waals surface area (Å²) in [6.45, 7) is 3.21. The highest BCUT2D eigenvalue weighted by Gasteiger charge is 2.21. The topological polar surface area (TPSA) is 40.5 Å². The first kappa shape index (κ1) is 12.5. The van der Waals surface area contributed by atoms with Gasteiger partial charge in [-0.3, -0.25) is 4.90 Å². The summed E-state index contributed by atoms with van der Waals surface area (Å²) in [6, 6.07) is 7.19. The molecule has 0 aromatic heterocycles. The van der Waals surface area contributed by atoms with Gasteiger partial charge in [-0.1, -0.05) is 12.1 Å². The van der Waals surface area contributed by atoms with Gasteiger partial charge in [0.25, 0.3) is 0 Å². The summed E-state index contributed by atoms with van der Waals surface area (Å²) in [5, 5.41) is 9.57. The monoisotopic (exact) mass is 251 g/mol. The summed E-state index contributed by atoms with van der Waals surface area (Å²) in [5.41, 5.74) is 1.55. The van der Waals surface area contributed by atoms with E-state index in [4.69, 9.17) is 5.11 Å². The van der Waals surface area contributed by atoms with E-state index in [-0.39, 0.29) is 0 Å². The zero-order valence-corrected chi connectivity index (χ0v) is 10.7. The molecule has 2 rings (SSSR count). The molecule has 0 aliphatic carbocycles. The molecule has 1 saturated heterocycles. The normalized spacial score (nSPS) is 20.6. The number of carboxylic acids is 1. The van der Waals surface area contributed by atoms with E-state index in [1.54, 1.807) is 12.1 Å². The molecule has 4 heteroatoms. The van der Waals surface area contributed by atoms with Crippen molar-refractivity contribution in [3.05, 3.63) is 35.4 Å². The molecule has 1 fully saturated rings. The minimum absolute atomic E-state index is 0.358. The van der Waals surface area contributed by atoms with Crippen molar-refractivity contribution in [3.8, 4) is 0 Å². The van der Waals surface area contributed by atoms with E-state index in [0.29, 0.717) is 5.56 Å². The number of hydrogen-bond donors (Lipinski definition) is 1. The van der Waals surface area contributed by atoms with Gasteiger partial charge in [-0.15, -0.1) is 0 Å². The summed E-state index contributed by atoms with van der Waals surface area (Å²) >= 11 is 1.93. The van der Waals surface area contributed by atoms with Gasteiger partial charge in [-0.2, -0.15) is 11.8 Å². The summed E-state index contributed by atoms with van der Waals surface area (Å²) in [4.78, 5) is 13.2. The molecular weight excluding hydrogens is 234 g/mol. The molecule has 0 spiro atoms. The third-order valence-corrected chi connectivity index (χ3v) is 4.22. The number of carbonyl (C=O) groups is 1. The van der Waals surface area contributed by atoms with Crippen LogP contribution in [-0.2, 0) is 6.54 Å². The molecule has 3 nitrogen and oxygen atoms in total. The van der Waals surface area contributed by atoms with E-state index in [1.165, 1.54) is 12.0 Å². The lowest BCUT2D eigenvalue weighted by Crippen LogP contribution is -2.20. The summed E-state index contributed by atoms with van der Waals surface area (Å²) in [7, 11) is 0. The molecule has 17 heavy (non-hydrogen) atoms. The van der Waals surface area contributed by atoms with E-state index in [9.17, 15) is 4.79 Å². The second-order valence-corrected chi connectivity index (χ2v) is 5.52. The van der Waals surface area contributed by atoms with E-state index >= 15 is 0 Å². The molecule has 0 amide bonds. The fraction of sp³-hybridized carbons (Fsp3) is 0.462. The molecule has 0 saturated carbocycles. The number of rotatable bonds is 4. The summed E-state index contributed by atoms with van der Waals surface area (Å²) in [5.74, 6) is -0.861. The van der Waals surface area contributed by atoms with E-state index in [0.717, 1.165) is 24.9 Å². The van der Waals surface area contributed by atoms with Gasteiger partial charge in [-0.25, -0.2) is 4.79 Å². The largest absolute Gasteiger partial charge is 0.478 e. The van der Waals surface area contributed by atoms with E-state index in [2.05, 4.69) is 11.2 Å². The lowest BCUT2D eigenvalue weighted by Gasteiger charge is -2.15. The first-order valence-corrected chi connectivity index (χ1v) is 7.05. The number of thioether (sulfide) groups is 1. The third-order valence-electron chi connectivity index (χ3n) is 3.17. The van der Waals surface area contributed by atoms with Crippen molar-refractivity contribution in [3.63, 3.8) is 0 Å². The number of benzene rings is 1. The Labute approximate surface area is 106 Å². The number of carboxylic acid groups (broad SMARTS) is 1. The third kappa shape index (κ3) is 3.23. The minimum atomic E-state index is -0.861. The van der Waals surface area contributed by atoms with Crippen molar-refractivity contribution in [1.29, 1.82) is 0 Å². The van der Waals surface area contributed by atoms with Gasteiger partial charge in [0.2, 0.25) is 0 Å². The molecule has 1 heterocycles. The Morgan fingerprint density at radius 1 is 1.47 bits per heavy atom. The molecular formula is C13H17NO2S. The van der Waals surface area contributed by atoms with E-state index in [1.807, 2.05) is 23.9 Å². The van der Waals surface area contributed by atoms with Crippen LogP contribution >= 0.6 is 11.8 Å². The van der Waals surface area contributed by atoms with Crippen LogP contribution in [0.3, 0.4) is 0 Å². The van der Waals surface area contributed by atoms with Crippen LogP contribution in [0, 0.1) is 0 Å². The number of nitrogens with zero attached hydrogens (tertiary/aromatic N) is 1. The quantitative estimate of drug-likeness (QED) is 0.891. The molecule has 1 aromatic rings. The Morgan fingerprint density at radius 3 is 2.71 bits per heavy atom. The highest BCUT2D eigenvalue weighted by atomic mass is 32.2. The van der Waals surface area contributed by atoms with Gasteiger partial charge in [-0.05, 0) is 36.9 Å². The standard InChI is InChI=1S/C13H17NO2S/c1-17-12-6-7-14(9-12)8-10-2-4-11(5-3-10)13(15)16/h2-5,12H,6-9H2,1H3,(H,15,16). The van der Waals surface area contributed by atoms with E-state index < -0.39 is 5.97 Å². The maximum Gasteiger partial charge on any atom is 0.335 e. The zero-order chi connectivity index (χ0) is 12.3. The number of hydrogen-bond acceptors (Lipinski definition) is 3. The molecule has 1 aliphatic heterocycles. The Bertz CT molecular complexity index is 391. The second kappa shape index (κ2) is 5.56. The highest BCUT2D eigenvalue weighted by Crippen LogP contribution is 2.21. The number of aromatic carboxylic acids is 1. The van der Waals surface area contributed by atoms with Crippen LogP contribution in [-0.4, -0.2) is 40.6 Å². The van der Waals surface area contributed by atoms with Crippen LogP contribution < -0.4 is 0 Å². The van der Waals surface area contributed by atoms with Crippen LogP contribution in [0.25, 0.3) is 0 Å². The van der Waals surface area contributed by atoms with Gasteiger partial charge in [0, 0.05) is 18.3 Å². The Hall–Kier alpha value is -1.00. The zero-order valence-electron chi connectivity index (χ0n) is 9.93. The van der Waals surface area contributed by atoms with Crippen molar-refractivity contribution in [2.24, 2.45) is 0 Å². The average Bonchev–Trinajstić information content (AvgIpc) is 2.77. The van der Waals surface area contributed by atoms with Crippen LogP contribution in [0.15, 0.2) is 24.3 Å². The Kier molecular flexibility index (Phi) is 4.07. The fourth-order valence-corrected chi connectivity index (χ4v) is 2.85. The molecule has 1 aromatic carbocycles. The van der Waals surface area contributed by atoms with Crippen molar-refractivity contribution in [1.82, 2.24) is 4.90 Å². The van der Waals surface area contributed by atoms with Crippen molar-refractivity contribution < 1.29 is 9.90 Å². The highest BCUT2D eigenvalue weighted by molar-refractivity contribution is 7.99. The first-order chi connectivity index (χ1) is 8.19. The number of likely N-dealkylation sites (tertiary alicyclic amines) is 1. The van der Waals surface area contributed by atoms with Crippen LogP contribution in [0.4, 0.5) is 0 Å².